The predicted octanol–water partition coefficient (Wildman–Crippen LogP) is 1.39. The van der Waals surface area contributed by atoms with Crippen LogP contribution in [0, 0.1) is 0 Å². The van der Waals surface area contributed by atoms with Gasteiger partial charge in [-0.2, -0.15) is 0 Å². The van der Waals surface area contributed by atoms with E-state index in [1.807, 2.05) is 0 Å². The summed E-state index contributed by atoms with van der Waals surface area (Å²) >= 11 is 0. The molecule has 5 heteroatoms. The monoisotopic (exact) mass is 262 g/mol. The minimum absolute atomic E-state index is 0.0720. The Kier molecular flexibility index (Phi) is 4.52. The van der Waals surface area contributed by atoms with E-state index >= 15 is 0 Å². The van der Waals surface area contributed by atoms with Crippen molar-refractivity contribution in [1.29, 1.82) is 0 Å². The van der Waals surface area contributed by atoms with Gasteiger partial charge in [-0.15, -0.1) is 0 Å². The number of carbonyl (C=O) groups is 2. The molecular formula is C14H18N2O3. The van der Waals surface area contributed by atoms with Crippen LogP contribution in [-0.4, -0.2) is 29.6 Å². The fourth-order valence-corrected chi connectivity index (χ4v) is 2.32. The van der Waals surface area contributed by atoms with Crippen molar-refractivity contribution in [3.8, 4) is 0 Å². The highest BCUT2D eigenvalue weighted by Crippen LogP contribution is 2.17. The number of carboxylic acids is 1. The van der Waals surface area contributed by atoms with E-state index in [4.69, 9.17) is 5.11 Å². The Labute approximate surface area is 112 Å². The summed E-state index contributed by atoms with van der Waals surface area (Å²) in [6, 6.07) is 7.25. The molecule has 1 unspecified atom stereocenters. The molecule has 1 atom stereocenters. The van der Waals surface area contributed by atoms with Gasteiger partial charge in [-0.3, -0.25) is 9.59 Å². The van der Waals surface area contributed by atoms with Gasteiger partial charge >= 0.3 is 5.97 Å². The van der Waals surface area contributed by atoms with Gasteiger partial charge in [0.25, 0.3) is 0 Å². The summed E-state index contributed by atoms with van der Waals surface area (Å²) in [6.07, 6.45) is 2.47. The second kappa shape index (κ2) is 6.33. The number of benzene rings is 1. The van der Waals surface area contributed by atoms with Crippen molar-refractivity contribution in [2.24, 2.45) is 0 Å². The first-order valence-corrected chi connectivity index (χ1v) is 6.48. The molecule has 1 amide bonds. The fourth-order valence-electron chi connectivity index (χ4n) is 2.32. The van der Waals surface area contributed by atoms with Crippen molar-refractivity contribution in [2.45, 2.75) is 31.7 Å². The van der Waals surface area contributed by atoms with Crippen molar-refractivity contribution in [3.05, 3.63) is 29.8 Å². The lowest BCUT2D eigenvalue weighted by molar-refractivity contribution is -0.136. The molecule has 0 aromatic heterocycles. The lowest BCUT2D eigenvalue weighted by atomic mass is 10.1. The maximum Gasteiger partial charge on any atom is 0.307 e. The van der Waals surface area contributed by atoms with Gasteiger partial charge in [0.2, 0.25) is 5.91 Å². The highest BCUT2D eigenvalue weighted by molar-refractivity contribution is 5.92. The molecule has 1 heterocycles. The number of carbonyl (C=O) groups excluding carboxylic acids is 1. The molecule has 19 heavy (non-hydrogen) atoms. The number of rotatable bonds is 5. The van der Waals surface area contributed by atoms with Crippen LogP contribution in [0.2, 0.25) is 0 Å². The summed E-state index contributed by atoms with van der Waals surface area (Å²) in [6.45, 7) is 0.966. The van der Waals surface area contributed by atoms with E-state index in [-0.39, 0.29) is 18.4 Å². The molecule has 2 rings (SSSR count). The Morgan fingerprint density at radius 3 is 2.84 bits per heavy atom. The first kappa shape index (κ1) is 13.5. The van der Waals surface area contributed by atoms with Crippen molar-refractivity contribution in [3.63, 3.8) is 0 Å². The van der Waals surface area contributed by atoms with Gasteiger partial charge in [-0.1, -0.05) is 18.2 Å². The average molecular weight is 262 g/mol. The summed E-state index contributed by atoms with van der Waals surface area (Å²) < 4.78 is 0. The third-order valence-corrected chi connectivity index (χ3v) is 3.23. The topological polar surface area (TPSA) is 78.4 Å². The molecule has 0 radical (unpaired) electrons. The van der Waals surface area contributed by atoms with Gasteiger partial charge < -0.3 is 15.7 Å². The normalized spacial score (nSPS) is 18.2. The van der Waals surface area contributed by atoms with Crippen LogP contribution < -0.4 is 10.6 Å². The quantitative estimate of drug-likeness (QED) is 0.749. The number of para-hydroxylation sites is 1. The number of amides is 1. The molecule has 1 aliphatic rings. The van der Waals surface area contributed by atoms with Crippen LogP contribution in [0.25, 0.3) is 0 Å². The molecule has 1 saturated heterocycles. The standard InChI is InChI=1S/C14H18N2O3/c17-13(9-11-5-3-7-15-11)16-12-6-2-1-4-10(12)8-14(18)19/h1-2,4,6,11,15H,3,5,7-9H2,(H,16,17)(H,18,19). The zero-order valence-electron chi connectivity index (χ0n) is 10.7. The average Bonchev–Trinajstić information content (AvgIpc) is 2.83. The van der Waals surface area contributed by atoms with Gasteiger partial charge in [-0.05, 0) is 31.0 Å². The number of hydrogen-bond donors (Lipinski definition) is 3. The molecule has 1 aromatic rings. The summed E-state index contributed by atoms with van der Waals surface area (Å²) in [5.74, 6) is -0.976. The Bertz CT molecular complexity index is 468. The second-order valence-corrected chi connectivity index (χ2v) is 4.77. The number of aliphatic carboxylic acids is 1. The fraction of sp³-hybridized carbons (Fsp3) is 0.429. The molecule has 3 N–H and O–H groups in total. The molecule has 1 aliphatic heterocycles. The minimum Gasteiger partial charge on any atom is -0.481 e. The van der Waals surface area contributed by atoms with Crippen LogP contribution in [0.15, 0.2) is 24.3 Å². The Hall–Kier alpha value is -1.88. The second-order valence-electron chi connectivity index (χ2n) is 4.77. The summed E-state index contributed by atoms with van der Waals surface area (Å²) in [7, 11) is 0. The Morgan fingerprint density at radius 2 is 2.16 bits per heavy atom. The number of anilines is 1. The molecule has 102 valence electrons. The van der Waals surface area contributed by atoms with E-state index < -0.39 is 5.97 Å². The van der Waals surface area contributed by atoms with Crippen LogP contribution in [0.5, 0.6) is 0 Å². The van der Waals surface area contributed by atoms with Crippen molar-refractivity contribution in [2.75, 3.05) is 11.9 Å². The van der Waals surface area contributed by atoms with Gasteiger partial charge in [0, 0.05) is 18.2 Å². The largest absolute Gasteiger partial charge is 0.481 e. The zero-order valence-corrected chi connectivity index (χ0v) is 10.7. The Morgan fingerprint density at radius 1 is 1.37 bits per heavy atom. The summed E-state index contributed by atoms with van der Waals surface area (Å²) in [4.78, 5) is 22.7. The van der Waals surface area contributed by atoms with Gasteiger partial charge in [0.15, 0.2) is 0 Å². The summed E-state index contributed by atoms with van der Waals surface area (Å²) in [5, 5.41) is 14.9. The smallest absolute Gasteiger partial charge is 0.307 e. The van der Waals surface area contributed by atoms with Crippen LogP contribution in [0.3, 0.4) is 0 Å². The molecule has 0 saturated carbocycles. The van der Waals surface area contributed by atoms with Gasteiger partial charge in [-0.25, -0.2) is 0 Å². The molecule has 5 nitrogen and oxygen atoms in total. The van der Waals surface area contributed by atoms with E-state index in [9.17, 15) is 9.59 Å². The van der Waals surface area contributed by atoms with Crippen molar-refractivity contribution >= 4 is 17.6 Å². The van der Waals surface area contributed by atoms with E-state index in [0.717, 1.165) is 19.4 Å². The lowest BCUT2D eigenvalue weighted by Gasteiger charge is -2.12. The minimum atomic E-state index is -0.904. The molecule has 0 spiro atoms. The van der Waals surface area contributed by atoms with Crippen molar-refractivity contribution in [1.82, 2.24) is 5.32 Å². The van der Waals surface area contributed by atoms with Crippen LogP contribution in [0.4, 0.5) is 5.69 Å². The van der Waals surface area contributed by atoms with E-state index in [1.54, 1.807) is 24.3 Å². The lowest BCUT2D eigenvalue weighted by Crippen LogP contribution is -2.27. The third-order valence-electron chi connectivity index (χ3n) is 3.23. The van der Waals surface area contributed by atoms with Crippen LogP contribution >= 0.6 is 0 Å². The Balaban J connectivity index is 1.97. The number of carboxylic acid groups (broad SMARTS) is 1. The van der Waals surface area contributed by atoms with E-state index in [0.29, 0.717) is 17.7 Å². The van der Waals surface area contributed by atoms with Crippen molar-refractivity contribution < 1.29 is 14.7 Å². The SMILES string of the molecule is O=C(O)Cc1ccccc1NC(=O)CC1CCCN1. The predicted molar refractivity (Wildman–Crippen MR) is 72.1 cm³/mol. The van der Waals surface area contributed by atoms with Crippen LogP contribution in [0.1, 0.15) is 24.8 Å². The number of nitrogens with one attached hydrogen (secondary N) is 2. The maximum atomic E-state index is 11.9. The molecular weight excluding hydrogens is 244 g/mol. The third kappa shape index (κ3) is 4.06. The maximum absolute atomic E-state index is 11.9. The van der Waals surface area contributed by atoms with Gasteiger partial charge in [0.05, 0.1) is 6.42 Å². The first-order chi connectivity index (χ1) is 9.15. The van der Waals surface area contributed by atoms with Gasteiger partial charge in [0.1, 0.15) is 0 Å². The zero-order chi connectivity index (χ0) is 13.7. The summed E-state index contributed by atoms with van der Waals surface area (Å²) in [5.41, 5.74) is 1.22. The first-order valence-electron chi connectivity index (χ1n) is 6.48. The highest BCUT2D eigenvalue weighted by Gasteiger charge is 2.18. The molecule has 0 bridgehead atoms. The molecule has 1 fully saturated rings. The number of hydrogen-bond acceptors (Lipinski definition) is 3. The highest BCUT2D eigenvalue weighted by atomic mass is 16.4. The van der Waals surface area contributed by atoms with Crippen LogP contribution in [-0.2, 0) is 16.0 Å². The van der Waals surface area contributed by atoms with E-state index in [2.05, 4.69) is 10.6 Å². The van der Waals surface area contributed by atoms with E-state index in [1.165, 1.54) is 0 Å². The molecule has 1 aromatic carbocycles. The molecule has 0 aliphatic carbocycles.